The van der Waals surface area contributed by atoms with Gasteiger partial charge in [0.1, 0.15) is 5.82 Å². The van der Waals surface area contributed by atoms with Gasteiger partial charge in [-0.3, -0.25) is 0 Å². The van der Waals surface area contributed by atoms with Gasteiger partial charge in [-0.25, -0.2) is 9.18 Å². The fourth-order valence-electron chi connectivity index (χ4n) is 3.19. The first-order valence-corrected chi connectivity index (χ1v) is 8.18. The third kappa shape index (κ3) is 3.52. The van der Waals surface area contributed by atoms with E-state index in [2.05, 4.69) is 5.32 Å². The highest BCUT2D eigenvalue weighted by Gasteiger charge is 2.31. The summed E-state index contributed by atoms with van der Waals surface area (Å²) in [5.74, 6) is 0.844. The summed E-state index contributed by atoms with van der Waals surface area (Å²) < 4.78 is 24.5. The maximum atomic E-state index is 14.1. The monoisotopic (exact) mass is 344 g/mol. The van der Waals surface area contributed by atoms with Crippen LogP contribution in [-0.2, 0) is 0 Å². The Kier molecular flexibility index (Phi) is 5.07. The van der Waals surface area contributed by atoms with Crippen LogP contribution in [0.3, 0.4) is 0 Å². The highest BCUT2D eigenvalue weighted by Crippen LogP contribution is 2.34. The van der Waals surface area contributed by atoms with Crippen LogP contribution in [0.25, 0.3) is 0 Å². The lowest BCUT2D eigenvalue weighted by Crippen LogP contribution is -2.34. The molecule has 2 aromatic carbocycles. The minimum atomic E-state index is -0.279. The molecule has 0 aliphatic carbocycles. The Balaban J connectivity index is 1.77. The number of carbonyl (C=O) groups is 1. The molecule has 1 fully saturated rings. The van der Waals surface area contributed by atoms with Crippen molar-refractivity contribution in [3.63, 3.8) is 0 Å². The van der Waals surface area contributed by atoms with Gasteiger partial charge in [-0.05, 0) is 31.0 Å². The van der Waals surface area contributed by atoms with Crippen molar-refractivity contribution in [3.05, 3.63) is 53.8 Å². The van der Waals surface area contributed by atoms with E-state index < -0.39 is 0 Å². The van der Waals surface area contributed by atoms with Crippen molar-refractivity contribution in [3.8, 4) is 11.5 Å². The average molecular weight is 344 g/mol. The average Bonchev–Trinajstić information content (AvgIpc) is 3.11. The molecule has 1 saturated heterocycles. The summed E-state index contributed by atoms with van der Waals surface area (Å²) in [6.07, 6.45) is 1.60. The van der Waals surface area contributed by atoms with Gasteiger partial charge in [0.25, 0.3) is 0 Å². The van der Waals surface area contributed by atoms with Crippen molar-refractivity contribution >= 4 is 11.7 Å². The number of urea groups is 1. The van der Waals surface area contributed by atoms with Crippen LogP contribution in [0.1, 0.15) is 24.4 Å². The topological polar surface area (TPSA) is 50.8 Å². The number of carbonyl (C=O) groups excluding carboxylic acids is 1. The molecule has 0 spiro atoms. The largest absolute Gasteiger partial charge is 0.493 e. The molecule has 5 nitrogen and oxygen atoms in total. The molecule has 0 bridgehead atoms. The molecular formula is C19H21FN2O3. The van der Waals surface area contributed by atoms with Gasteiger partial charge in [0.15, 0.2) is 11.5 Å². The Hall–Kier alpha value is -2.76. The molecule has 25 heavy (non-hydrogen) atoms. The number of nitrogens with zero attached hydrogens (tertiary/aromatic N) is 1. The number of methoxy groups -OCH3 is 2. The number of nitrogens with one attached hydrogen (secondary N) is 1. The molecule has 1 aliphatic heterocycles. The summed E-state index contributed by atoms with van der Waals surface area (Å²) in [5, 5.41) is 2.86. The van der Waals surface area contributed by atoms with Gasteiger partial charge in [0.05, 0.1) is 20.3 Å². The summed E-state index contributed by atoms with van der Waals surface area (Å²) in [4.78, 5) is 14.4. The maximum Gasteiger partial charge on any atom is 0.322 e. The Morgan fingerprint density at radius 3 is 2.64 bits per heavy atom. The molecule has 0 saturated carbocycles. The number of ether oxygens (including phenoxy) is 2. The fourth-order valence-corrected chi connectivity index (χ4v) is 3.19. The van der Waals surface area contributed by atoms with Crippen LogP contribution < -0.4 is 14.8 Å². The molecule has 2 aromatic rings. The maximum absolute atomic E-state index is 14.1. The van der Waals surface area contributed by atoms with Crippen molar-refractivity contribution in [2.45, 2.75) is 18.9 Å². The number of likely N-dealkylation sites (tertiary alicyclic amines) is 1. The minimum Gasteiger partial charge on any atom is -0.493 e. The Morgan fingerprint density at radius 1 is 1.16 bits per heavy atom. The Bertz CT molecular complexity index is 766. The van der Waals surface area contributed by atoms with Crippen molar-refractivity contribution in [2.24, 2.45) is 0 Å². The van der Waals surface area contributed by atoms with Gasteiger partial charge in [-0.1, -0.05) is 18.2 Å². The first-order valence-electron chi connectivity index (χ1n) is 8.18. The molecule has 2 amide bonds. The Labute approximate surface area is 146 Å². The summed E-state index contributed by atoms with van der Waals surface area (Å²) >= 11 is 0. The first kappa shape index (κ1) is 17.1. The molecular weight excluding hydrogens is 323 g/mol. The number of hydrogen-bond donors (Lipinski definition) is 1. The van der Waals surface area contributed by atoms with E-state index in [4.69, 9.17) is 9.47 Å². The van der Waals surface area contributed by atoms with E-state index in [0.29, 0.717) is 29.3 Å². The molecule has 6 heteroatoms. The van der Waals surface area contributed by atoms with E-state index in [0.717, 1.165) is 12.8 Å². The van der Waals surface area contributed by atoms with E-state index in [9.17, 15) is 9.18 Å². The zero-order valence-electron chi connectivity index (χ0n) is 14.3. The van der Waals surface area contributed by atoms with Crippen LogP contribution in [0, 0.1) is 5.82 Å². The number of hydrogen-bond acceptors (Lipinski definition) is 3. The zero-order chi connectivity index (χ0) is 17.8. The summed E-state index contributed by atoms with van der Waals surface area (Å²) in [7, 11) is 3.09. The third-order valence-electron chi connectivity index (χ3n) is 4.41. The summed E-state index contributed by atoms with van der Waals surface area (Å²) in [6.45, 7) is 0.595. The van der Waals surface area contributed by atoms with E-state index in [1.54, 1.807) is 48.4 Å². The first-order chi connectivity index (χ1) is 12.1. The van der Waals surface area contributed by atoms with Crippen LogP contribution in [0.5, 0.6) is 11.5 Å². The van der Waals surface area contributed by atoms with E-state index in [1.807, 2.05) is 0 Å². The standard InChI is InChI=1S/C19H21FN2O3/c1-24-17-10-9-13(12-18(17)25-2)21-19(23)22-11-5-8-16(22)14-6-3-4-7-15(14)20/h3-4,6-7,9-10,12,16H,5,8,11H2,1-2H3,(H,21,23)/t16-/m1/s1. The molecule has 0 radical (unpaired) electrons. The second kappa shape index (κ2) is 7.42. The van der Waals surface area contributed by atoms with Crippen LogP contribution in [0.4, 0.5) is 14.9 Å². The SMILES string of the molecule is COc1ccc(NC(=O)N2CCC[C@@H]2c2ccccc2F)cc1OC. The molecule has 0 aromatic heterocycles. The lowest BCUT2D eigenvalue weighted by Gasteiger charge is -2.25. The van der Waals surface area contributed by atoms with Crippen molar-refractivity contribution < 1.29 is 18.7 Å². The van der Waals surface area contributed by atoms with Gasteiger partial charge in [-0.15, -0.1) is 0 Å². The highest BCUT2D eigenvalue weighted by molar-refractivity contribution is 5.90. The second-order valence-electron chi connectivity index (χ2n) is 5.87. The van der Waals surface area contributed by atoms with Crippen LogP contribution >= 0.6 is 0 Å². The number of halogens is 1. The van der Waals surface area contributed by atoms with Crippen LogP contribution in [0.2, 0.25) is 0 Å². The van der Waals surface area contributed by atoms with Gasteiger partial charge < -0.3 is 19.7 Å². The van der Waals surface area contributed by atoms with Gasteiger partial charge in [0, 0.05) is 23.9 Å². The van der Waals surface area contributed by atoms with Gasteiger partial charge >= 0.3 is 6.03 Å². The van der Waals surface area contributed by atoms with E-state index >= 15 is 0 Å². The predicted molar refractivity (Wildman–Crippen MR) is 93.6 cm³/mol. The molecule has 1 heterocycles. The molecule has 1 aliphatic rings. The van der Waals surface area contributed by atoms with Crippen molar-refractivity contribution in [1.82, 2.24) is 4.90 Å². The number of rotatable bonds is 4. The molecule has 132 valence electrons. The lowest BCUT2D eigenvalue weighted by molar-refractivity contribution is 0.206. The number of amides is 2. The smallest absolute Gasteiger partial charge is 0.322 e. The normalized spacial score (nSPS) is 16.6. The van der Waals surface area contributed by atoms with Crippen LogP contribution in [-0.4, -0.2) is 31.7 Å². The van der Waals surface area contributed by atoms with Crippen molar-refractivity contribution in [1.29, 1.82) is 0 Å². The van der Waals surface area contributed by atoms with E-state index in [1.165, 1.54) is 13.2 Å². The van der Waals surface area contributed by atoms with Gasteiger partial charge in [0.2, 0.25) is 0 Å². The predicted octanol–water partition coefficient (Wildman–Crippen LogP) is 4.21. The second-order valence-corrected chi connectivity index (χ2v) is 5.87. The van der Waals surface area contributed by atoms with Gasteiger partial charge in [-0.2, -0.15) is 0 Å². The lowest BCUT2D eigenvalue weighted by atomic mass is 10.0. The third-order valence-corrected chi connectivity index (χ3v) is 4.41. The Morgan fingerprint density at radius 2 is 1.92 bits per heavy atom. The molecule has 0 unspecified atom stereocenters. The number of benzene rings is 2. The molecule has 3 rings (SSSR count). The fraction of sp³-hybridized carbons (Fsp3) is 0.316. The van der Waals surface area contributed by atoms with Crippen molar-refractivity contribution in [2.75, 3.05) is 26.1 Å². The van der Waals surface area contributed by atoms with Crippen LogP contribution in [0.15, 0.2) is 42.5 Å². The van der Waals surface area contributed by atoms with E-state index in [-0.39, 0.29) is 17.9 Å². The molecule has 1 atom stereocenters. The zero-order valence-corrected chi connectivity index (χ0v) is 14.3. The summed E-state index contributed by atoms with van der Waals surface area (Å²) in [5.41, 5.74) is 1.16. The molecule has 1 N–H and O–H groups in total. The number of anilines is 1. The highest BCUT2D eigenvalue weighted by atomic mass is 19.1. The summed E-state index contributed by atoms with van der Waals surface area (Å²) in [6, 6.07) is 11.3. The quantitative estimate of drug-likeness (QED) is 0.904. The minimum absolute atomic E-state index is 0.249.